The van der Waals surface area contributed by atoms with Gasteiger partial charge in [0.25, 0.3) is 5.91 Å². The van der Waals surface area contributed by atoms with Gasteiger partial charge in [-0.15, -0.1) is 0 Å². The number of amides is 1. The number of likely N-dealkylation sites (tertiary alicyclic amines) is 1. The number of sulfonamides is 1. The zero-order chi connectivity index (χ0) is 28.2. The molecule has 0 radical (unpaired) electrons. The maximum absolute atomic E-state index is 13.0. The number of benzene rings is 3. The summed E-state index contributed by atoms with van der Waals surface area (Å²) in [6.07, 6.45) is 0. The fraction of sp³-hybridized carbons (Fsp3) is 0.345. The minimum atomic E-state index is -3.65. The van der Waals surface area contributed by atoms with Gasteiger partial charge in [0.2, 0.25) is 10.0 Å². The molecule has 3 aromatic rings. The first-order valence-electron chi connectivity index (χ1n) is 12.8. The molecule has 1 aliphatic rings. The summed E-state index contributed by atoms with van der Waals surface area (Å²) < 4.78 is 28.6. The number of hydrogen-bond donors (Lipinski definition) is 3. The van der Waals surface area contributed by atoms with Crippen LogP contribution in [0.25, 0.3) is 0 Å². The van der Waals surface area contributed by atoms with Crippen LogP contribution in [-0.2, 0) is 10.0 Å². The van der Waals surface area contributed by atoms with E-state index in [0.717, 1.165) is 11.1 Å². The minimum absolute atomic E-state index is 0.0339. The van der Waals surface area contributed by atoms with Gasteiger partial charge in [-0.3, -0.25) is 14.4 Å². The zero-order valence-electron chi connectivity index (χ0n) is 21.8. The second-order valence-electron chi connectivity index (χ2n) is 10.3. The van der Waals surface area contributed by atoms with Gasteiger partial charge in [0.15, 0.2) is 0 Å². The topological polar surface area (TPSA) is 98.7 Å². The maximum Gasteiger partial charge on any atom is 0.251 e. The number of aliphatic hydroxyl groups is 1. The van der Waals surface area contributed by atoms with Crippen molar-refractivity contribution in [1.29, 1.82) is 0 Å². The average Bonchev–Trinajstić information content (AvgIpc) is 2.87. The van der Waals surface area contributed by atoms with Gasteiger partial charge in [-0.2, -0.15) is 0 Å². The lowest BCUT2D eigenvalue weighted by Gasteiger charge is -2.44. The van der Waals surface area contributed by atoms with Crippen molar-refractivity contribution in [3.8, 4) is 0 Å². The quantitative estimate of drug-likeness (QED) is 0.285. The summed E-state index contributed by atoms with van der Waals surface area (Å²) in [5.74, 6) is -0.392. The van der Waals surface area contributed by atoms with E-state index in [1.54, 1.807) is 18.2 Å². The third kappa shape index (κ3) is 7.74. The summed E-state index contributed by atoms with van der Waals surface area (Å²) in [6, 6.07) is 21.3. The van der Waals surface area contributed by atoms with Gasteiger partial charge in [0.1, 0.15) is 0 Å². The number of aliphatic hydroxyl groups excluding tert-OH is 1. The highest BCUT2D eigenvalue weighted by molar-refractivity contribution is 7.92. The fourth-order valence-electron chi connectivity index (χ4n) is 4.76. The molecule has 208 valence electrons. The molecule has 3 N–H and O–H groups in total. The molecule has 1 aliphatic heterocycles. The summed E-state index contributed by atoms with van der Waals surface area (Å²) in [5, 5.41) is 13.6. The van der Waals surface area contributed by atoms with E-state index in [-0.39, 0.29) is 42.2 Å². The van der Waals surface area contributed by atoms with Crippen LogP contribution in [0.2, 0.25) is 10.0 Å². The molecule has 0 saturated carbocycles. The number of nitrogens with zero attached hydrogens (tertiary/aromatic N) is 1. The van der Waals surface area contributed by atoms with Crippen molar-refractivity contribution in [3.63, 3.8) is 0 Å². The lowest BCUT2D eigenvalue weighted by molar-refractivity contribution is 0.0813. The number of carbonyl (C=O) groups excluding carboxylic acids is 1. The second kappa shape index (κ2) is 12.7. The molecule has 0 aromatic heterocycles. The maximum atomic E-state index is 13.0. The number of anilines is 1. The summed E-state index contributed by atoms with van der Waals surface area (Å²) in [5.41, 5.74) is 2.77. The largest absolute Gasteiger partial charge is 0.394 e. The molecule has 7 nitrogen and oxygen atoms in total. The van der Waals surface area contributed by atoms with E-state index in [1.807, 2.05) is 62.4 Å². The van der Waals surface area contributed by atoms with E-state index in [1.165, 1.54) is 6.07 Å². The second-order valence-corrected chi connectivity index (χ2v) is 12.9. The van der Waals surface area contributed by atoms with Crippen LogP contribution in [0.4, 0.5) is 5.69 Å². The first kappa shape index (κ1) is 29.4. The highest BCUT2D eigenvalue weighted by Crippen LogP contribution is 2.36. The van der Waals surface area contributed by atoms with Crippen molar-refractivity contribution in [1.82, 2.24) is 10.2 Å². The number of carbonyl (C=O) groups is 1. The van der Waals surface area contributed by atoms with E-state index in [9.17, 15) is 18.3 Å². The standard InChI is InChI=1S/C29H33Cl2N3O4S/c1-19(2)27(17-35)32-29(36)23-4-3-5-26(14-23)33-39(37,38)18-20-15-34(16-20)28(21-6-10-24(30)11-7-21)22-8-12-25(31)13-9-22/h3-14,19-20,27-28,33,35H,15-18H2,1-2H3,(H,32,36)/t27-/m1/s1. The first-order chi connectivity index (χ1) is 18.5. The lowest BCUT2D eigenvalue weighted by atomic mass is 9.91. The Hall–Kier alpha value is -2.62. The summed E-state index contributed by atoms with van der Waals surface area (Å²) in [4.78, 5) is 14.9. The van der Waals surface area contributed by atoms with Crippen LogP contribution in [0.5, 0.6) is 0 Å². The van der Waals surface area contributed by atoms with Crippen LogP contribution in [0.1, 0.15) is 41.4 Å². The molecule has 1 heterocycles. The number of nitrogens with one attached hydrogen (secondary N) is 2. The Labute approximate surface area is 240 Å². The van der Waals surface area contributed by atoms with Crippen molar-refractivity contribution in [2.75, 3.05) is 30.2 Å². The summed E-state index contributed by atoms with van der Waals surface area (Å²) >= 11 is 12.2. The van der Waals surface area contributed by atoms with Gasteiger partial charge < -0.3 is 10.4 Å². The van der Waals surface area contributed by atoms with Gasteiger partial charge in [0.05, 0.1) is 24.4 Å². The van der Waals surface area contributed by atoms with Crippen LogP contribution in [0.15, 0.2) is 72.8 Å². The van der Waals surface area contributed by atoms with E-state index in [2.05, 4.69) is 14.9 Å². The SMILES string of the molecule is CC(C)[C@@H](CO)NC(=O)c1cccc(NS(=O)(=O)CC2CN(C(c3ccc(Cl)cc3)c3ccc(Cl)cc3)C2)c1. The Kier molecular flexibility index (Phi) is 9.56. The molecule has 0 spiro atoms. The fourth-order valence-corrected chi connectivity index (χ4v) is 6.41. The number of halogens is 2. The van der Waals surface area contributed by atoms with Gasteiger partial charge in [-0.1, -0.05) is 67.4 Å². The van der Waals surface area contributed by atoms with Crippen LogP contribution in [-0.4, -0.2) is 55.8 Å². The Morgan fingerprint density at radius 1 is 0.974 bits per heavy atom. The molecule has 0 aliphatic carbocycles. The van der Waals surface area contributed by atoms with Crippen molar-refractivity contribution < 1.29 is 18.3 Å². The van der Waals surface area contributed by atoms with E-state index < -0.39 is 10.0 Å². The Bertz CT molecular complexity index is 1330. The third-order valence-corrected chi connectivity index (χ3v) is 8.85. The molecule has 0 bridgehead atoms. The molecule has 3 aromatic carbocycles. The minimum Gasteiger partial charge on any atom is -0.394 e. The van der Waals surface area contributed by atoms with Crippen LogP contribution in [0.3, 0.4) is 0 Å². The average molecular weight is 591 g/mol. The van der Waals surface area contributed by atoms with Crippen molar-refractivity contribution in [3.05, 3.63) is 99.5 Å². The Balaban J connectivity index is 1.40. The van der Waals surface area contributed by atoms with Gasteiger partial charge in [0, 0.05) is 40.3 Å². The van der Waals surface area contributed by atoms with Crippen LogP contribution in [0, 0.1) is 11.8 Å². The molecular formula is C29H33Cl2N3O4S. The van der Waals surface area contributed by atoms with Crippen molar-refractivity contribution in [2.45, 2.75) is 25.9 Å². The molecule has 39 heavy (non-hydrogen) atoms. The molecule has 1 fully saturated rings. The van der Waals surface area contributed by atoms with E-state index >= 15 is 0 Å². The number of rotatable bonds is 11. The molecular weight excluding hydrogens is 557 g/mol. The van der Waals surface area contributed by atoms with E-state index in [4.69, 9.17) is 23.2 Å². The molecule has 1 atom stereocenters. The van der Waals surface area contributed by atoms with Gasteiger partial charge in [-0.05, 0) is 59.5 Å². The number of hydrogen-bond acceptors (Lipinski definition) is 5. The summed E-state index contributed by atoms with van der Waals surface area (Å²) in [6.45, 7) is 4.85. The first-order valence-corrected chi connectivity index (χ1v) is 15.2. The summed E-state index contributed by atoms with van der Waals surface area (Å²) in [7, 11) is -3.65. The smallest absolute Gasteiger partial charge is 0.251 e. The highest BCUT2D eigenvalue weighted by atomic mass is 35.5. The van der Waals surface area contributed by atoms with E-state index in [0.29, 0.717) is 34.4 Å². The highest BCUT2D eigenvalue weighted by Gasteiger charge is 2.36. The predicted molar refractivity (Wildman–Crippen MR) is 157 cm³/mol. The Morgan fingerprint density at radius 3 is 2.05 bits per heavy atom. The zero-order valence-corrected chi connectivity index (χ0v) is 24.2. The molecule has 10 heteroatoms. The van der Waals surface area contributed by atoms with Crippen molar-refractivity contribution >= 4 is 44.8 Å². The third-order valence-electron chi connectivity index (χ3n) is 6.89. The molecule has 0 unspecified atom stereocenters. The lowest BCUT2D eigenvalue weighted by Crippen LogP contribution is -2.51. The predicted octanol–water partition coefficient (Wildman–Crippen LogP) is 5.20. The molecule has 4 rings (SSSR count). The normalized spacial score (nSPS) is 15.3. The molecule has 1 amide bonds. The van der Waals surface area contributed by atoms with Crippen LogP contribution >= 0.6 is 23.2 Å². The van der Waals surface area contributed by atoms with Gasteiger partial charge in [-0.25, -0.2) is 8.42 Å². The van der Waals surface area contributed by atoms with Crippen molar-refractivity contribution in [2.24, 2.45) is 11.8 Å². The molecule has 1 saturated heterocycles. The monoisotopic (exact) mass is 589 g/mol. The Morgan fingerprint density at radius 2 is 1.54 bits per heavy atom. The van der Waals surface area contributed by atoms with Gasteiger partial charge >= 0.3 is 0 Å². The van der Waals surface area contributed by atoms with Crippen LogP contribution < -0.4 is 10.0 Å².